The fourth-order valence-electron chi connectivity index (χ4n) is 2.62. The van der Waals surface area contributed by atoms with E-state index >= 15 is 0 Å². The molecule has 0 radical (unpaired) electrons. The number of halogens is 2. The lowest BCUT2D eigenvalue weighted by Gasteiger charge is -2.13. The highest BCUT2D eigenvalue weighted by Gasteiger charge is 2.08. The second-order valence-corrected chi connectivity index (χ2v) is 7.20. The molecule has 0 aliphatic heterocycles. The Hall–Kier alpha value is -2.69. The number of para-hydroxylation sites is 1. The molecule has 6 heteroatoms. The molecule has 144 valence electrons. The Bertz CT molecular complexity index is 939. The van der Waals surface area contributed by atoms with E-state index in [1.807, 2.05) is 55.5 Å². The van der Waals surface area contributed by atoms with Crippen LogP contribution in [0.3, 0.4) is 0 Å². The minimum absolute atomic E-state index is 0.0755. The number of hydrogen-bond acceptors (Lipinski definition) is 3. The fourth-order valence-corrected chi connectivity index (χ4v) is 3.15. The molecule has 0 heterocycles. The molecule has 0 saturated carbocycles. The minimum atomic E-state index is -0.215. The highest BCUT2D eigenvalue weighted by molar-refractivity contribution is 6.35. The van der Waals surface area contributed by atoms with E-state index in [1.54, 1.807) is 18.2 Å². The van der Waals surface area contributed by atoms with Gasteiger partial charge in [0.25, 0.3) is 5.91 Å². The molecule has 0 aromatic heterocycles. The van der Waals surface area contributed by atoms with Crippen LogP contribution in [0.4, 0.5) is 11.4 Å². The maximum atomic E-state index is 12.2. The Labute approximate surface area is 174 Å². The summed E-state index contributed by atoms with van der Waals surface area (Å²) in [5, 5.41) is 7.21. The molecule has 3 aromatic carbocycles. The van der Waals surface area contributed by atoms with Gasteiger partial charge in [0.1, 0.15) is 5.75 Å². The van der Waals surface area contributed by atoms with Crippen LogP contribution in [-0.2, 0) is 11.3 Å². The van der Waals surface area contributed by atoms with Gasteiger partial charge in [0, 0.05) is 33.5 Å². The summed E-state index contributed by atoms with van der Waals surface area (Å²) in [6.07, 6.45) is 0. The van der Waals surface area contributed by atoms with Crippen molar-refractivity contribution in [1.29, 1.82) is 0 Å². The van der Waals surface area contributed by atoms with Gasteiger partial charge in [-0.1, -0.05) is 59.1 Å². The molecule has 0 bridgehead atoms. The van der Waals surface area contributed by atoms with Crippen LogP contribution in [0.2, 0.25) is 10.0 Å². The van der Waals surface area contributed by atoms with Gasteiger partial charge in [-0.2, -0.15) is 0 Å². The van der Waals surface area contributed by atoms with Gasteiger partial charge in [-0.3, -0.25) is 4.79 Å². The third kappa shape index (κ3) is 5.91. The molecule has 0 atom stereocenters. The van der Waals surface area contributed by atoms with Gasteiger partial charge in [0.15, 0.2) is 6.61 Å². The Morgan fingerprint density at radius 1 is 0.929 bits per heavy atom. The van der Waals surface area contributed by atoms with Crippen LogP contribution in [0, 0.1) is 6.92 Å². The monoisotopic (exact) mass is 414 g/mol. The van der Waals surface area contributed by atoms with Crippen molar-refractivity contribution in [3.63, 3.8) is 0 Å². The van der Waals surface area contributed by atoms with Crippen molar-refractivity contribution < 1.29 is 9.53 Å². The van der Waals surface area contributed by atoms with Crippen LogP contribution in [0.25, 0.3) is 0 Å². The van der Waals surface area contributed by atoms with Crippen molar-refractivity contribution >= 4 is 40.5 Å². The first-order valence-electron chi connectivity index (χ1n) is 8.77. The van der Waals surface area contributed by atoms with Crippen LogP contribution < -0.4 is 15.4 Å². The van der Waals surface area contributed by atoms with E-state index in [-0.39, 0.29) is 12.5 Å². The summed E-state index contributed by atoms with van der Waals surface area (Å²) < 4.78 is 5.73. The zero-order valence-electron chi connectivity index (χ0n) is 15.3. The van der Waals surface area contributed by atoms with Gasteiger partial charge < -0.3 is 15.4 Å². The van der Waals surface area contributed by atoms with E-state index in [0.717, 1.165) is 22.5 Å². The number of anilines is 2. The van der Waals surface area contributed by atoms with Crippen LogP contribution in [-0.4, -0.2) is 12.5 Å². The lowest BCUT2D eigenvalue weighted by Crippen LogP contribution is -2.20. The van der Waals surface area contributed by atoms with Crippen LogP contribution in [0.15, 0.2) is 66.7 Å². The highest BCUT2D eigenvalue weighted by Crippen LogP contribution is 2.24. The predicted octanol–water partition coefficient (Wildman–Crippen LogP) is 5.93. The number of ether oxygens (including phenoxy) is 1. The van der Waals surface area contributed by atoms with E-state index < -0.39 is 0 Å². The Morgan fingerprint density at radius 3 is 2.32 bits per heavy atom. The first-order valence-corrected chi connectivity index (χ1v) is 9.52. The van der Waals surface area contributed by atoms with Gasteiger partial charge in [0.2, 0.25) is 0 Å². The Morgan fingerprint density at radius 2 is 1.61 bits per heavy atom. The lowest BCUT2D eigenvalue weighted by molar-refractivity contribution is -0.118. The summed E-state index contributed by atoms with van der Waals surface area (Å²) in [4.78, 5) is 12.2. The normalized spacial score (nSPS) is 10.4. The third-order valence-electron chi connectivity index (χ3n) is 4.01. The molecule has 0 aliphatic rings. The SMILES string of the molecule is Cc1ccc(NC(=O)COc2ccccc2CNc2cc(Cl)cc(Cl)c2)cc1. The summed E-state index contributed by atoms with van der Waals surface area (Å²) in [6, 6.07) is 20.4. The molecular weight excluding hydrogens is 395 g/mol. The van der Waals surface area contributed by atoms with Crippen molar-refractivity contribution in [1.82, 2.24) is 0 Å². The van der Waals surface area contributed by atoms with Gasteiger partial charge in [-0.25, -0.2) is 0 Å². The second kappa shape index (κ2) is 9.49. The van der Waals surface area contributed by atoms with E-state index in [9.17, 15) is 4.79 Å². The molecule has 3 aromatic rings. The van der Waals surface area contributed by atoms with E-state index in [4.69, 9.17) is 27.9 Å². The summed E-state index contributed by atoms with van der Waals surface area (Å²) in [5.74, 6) is 0.426. The van der Waals surface area contributed by atoms with Gasteiger partial charge in [-0.05, 0) is 43.3 Å². The zero-order chi connectivity index (χ0) is 19.9. The van der Waals surface area contributed by atoms with Gasteiger partial charge >= 0.3 is 0 Å². The van der Waals surface area contributed by atoms with E-state index in [0.29, 0.717) is 22.3 Å². The number of amides is 1. The van der Waals surface area contributed by atoms with Gasteiger partial charge in [0.05, 0.1) is 0 Å². The lowest BCUT2D eigenvalue weighted by atomic mass is 10.2. The first-order chi connectivity index (χ1) is 13.5. The summed E-state index contributed by atoms with van der Waals surface area (Å²) in [7, 11) is 0. The highest BCUT2D eigenvalue weighted by atomic mass is 35.5. The molecule has 0 spiro atoms. The third-order valence-corrected chi connectivity index (χ3v) is 4.45. The fraction of sp³-hybridized carbons (Fsp3) is 0.136. The second-order valence-electron chi connectivity index (χ2n) is 6.32. The molecule has 0 unspecified atom stereocenters. The topological polar surface area (TPSA) is 50.4 Å². The zero-order valence-corrected chi connectivity index (χ0v) is 16.8. The maximum Gasteiger partial charge on any atom is 0.262 e. The quantitative estimate of drug-likeness (QED) is 0.503. The molecule has 1 amide bonds. The minimum Gasteiger partial charge on any atom is -0.483 e. The average Bonchev–Trinajstić information content (AvgIpc) is 2.66. The van der Waals surface area contributed by atoms with E-state index in [1.165, 1.54) is 0 Å². The Kier molecular flexibility index (Phi) is 6.80. The number of rotatable bonds is 7. The number of aryl methyl sites for hydroxylation is 1. The van der Waals surface area contributed by atoms with E-state index in [2.05, 4.69) is 10.6 Å². The van der Waals surface area contributed by atoms with Crippen molar-refractivity contribution in [3.8, 4) is 5.75 Å². The van der Waals surface area contributed by atoms with Crippen LogP contribution in [0.5, 0.6) is 5.75 Å². The van der Waals surface area contributed by atoms with Crippen molar-refractivity contribution in [3.05, 3.63) is 87.9 Å². The number of carbonyl (C=O) groups excluding carboxylic acids is 1. The van der Waals surface area contributed by atoms with Crippen LogP contribution in [0.1, 0.15) is 11.1 Å². The number of benzene rings is 3. The molecule has 0 saturated heterocycles. The molecule has 3 rings (SSSR count). The molecule has 28 heavy (non-hydrogen) atoms. The summed E-state index contributed by atoms with van der Waals surface area (Å²) in [5.41, 5.74) is 3.61. The molecule has 0 aliphatic carbocycles. The smallest absolute Gasteiger partial charge is 0.262 e. The standard InChI is InChI=1S/C22H20Cl2N2O2/c1-15-6-8-19(9-7-15)26-22(27)14-28-21-5-3-2-4-16(21)13-25-20-11-17(23)10-18(24)12-20/h2-12,25H,13-14H2,1H3,(H,26,27). The number of hydrogen-bond donors (Lipinski definition) is 2. The number of nitrogens with one attached hydrogen (secondary N) is 2. The summed E-state index contributed by atoms with van der Waals surface area (Å²) in [6.45, 7) is 2.43. The molecular formula is C22H20Cl2N2O2. The van der Waals surface area contributed by atoms with Crippen molar-refractivity contribution in [2.24, 2.45) is 0 Å². The molecule has 4 nitrogen and oxygen atoms in total. The predicted molar refractivity (Wildman–Crippen MR) is 116 cm³/mol. The first kappa shape index (κ1) is 20.1. The van der Waals surface area contributed by atoms with Crippen molar-refractivity contribution in [2.45, 2.75) is 13.5 Å². The largest absolute Gasteiger partial charge is 0.483 e. The molecule has 2 N–H and O–H groups in total. The average molecular weight is 415 g/mol. The van der Waals surface area contributed by atoms with Crippen molar-refractivity contribution in [2.75, 3.05) is 17.2 Å². The van der Waals surface area contributed by atoms with Crippen LogP contribution >= 0.6 is 23.2 Å². The number of carbonyl (C=O) groups is 1. The Balaban J connectivity index is 1.58. The molecule has 0 fully saturated rings. The summed E-state index contributed by atoms with van der Waals surface area (Å²) >= 11 is 12.1. The van der Waals surface area contributed by atoms with Gasteiger partial charge in [-0.15, -0.1) is 0 Å². The maximum absolute atomic E-state index is 12.2.